The van der Waals surface area contributed by atoms with E-state index >= 15 is 4.39 Å². The fraction of sp³-hybridized carbons (Fsp3) is 0.611. The largest absolute Gasteiger partial charge is 0.463 e. The van der Waals surface area contributed by atoms with Gasteiger partial charge >= 0.3 is 31.6 Å². The first-order chi connectivity index (χ1) is 15.8. The standard InChI is InChI=1S/C18H24FN2O12P/c1-9(22)28-7-13(19)14-15(29-10(2)23)16(30-11(3)24)17(31-12(4)25)18(32-14)33-34(26,27)21-6-5-20-8-21/h5-6,8,13-18H,7H2,1-4H3,(H,26,27)/t13-,14?,15+,16?,17?,18-/m0/s1. The number of hydrogen-bond donors (Lipinski definition) is 1. The van der Waals surface area contributed by atoms with Gasteiger partial charge in [-0.15, -0.1) is 0 Å². The molecule has 16 heteroatoms. The zero-order valence-corrected chi connectivity index (χ0v) is 19.5. The number of esters is 4. The first-order valence-electron chi connectivity index (χ1n) is 9.76. The smallest absolute Gasteiger partial charge is 0.440 e. The molecule has 0 aliphatic carbocycles. The molecule has 1 aliphatic heterocycles. The third-order valence-electron chi connectivity index (χ3n) is 4.26. The Morgan fingerprint density at radius 2 is 1.59 bits per heavy atom. The molecule has 1 aromatic heterocycles. The molecule has 2 rings (SSSR count). The molecule has 2 heterocycles. The van der Waals surface area contributed by atoms with Gasteiger partial charge in [0.05, 0.1) is 0 Å². The maximum Gasteiger partial charge on any atom is 0.440 e. The van der Waals surface area contributed by atoms with Gasteiger partial charge in [-0.25, -0.2) is 18.3 Å². The van der Waals surface area contributed by atoms with Crippen molar-refractivity contribution in [2.75, 3.05) is 6.61 Å². The quantitative estimate of drug-likeness (QED) is 0.272. The van der Waals surface area contributed by atoms with Crippen LogP contribution < -0.4 is 0 Å². The molecule has 14 nitrogen and oxygen atoms in total. The molecule has 0 spiro atoms. The summed E-state index contributed by atoms with van der Waals surface area (Å²) >= 11 is 0. The summed E-state index contributed by atoms with van der Waals surface area (Å²) in [6.45, 7) is 3.08. The maximum atomic E-state index is 15.1. The van der Waals surface area contributed by atoms with Gasteiger partial charge in [0.2, 0.25) is 6.29 Å². The summed E-state index contributed by atoms with van der Waals surface area (Å²) in [5, 5.41) is 0. The number of imidazole rings is 1. The number of hydrogen-bond acceptors (Lipinski definition) is 12. The summed E-state index contributed by atoms with van der Waals surface area (Å²) in [6.07, 6.45) is -8.04. The van der Waals surface area contributed by atoms with Gasteiger partial charge in [0.15, 0.2) is 24.5 Å². The summed E-state index contributed by atoms with van der Waals surface area (Å²) in [4.78, 5) is 60.3. The second-order valence-electron chi connectivity index (χ2n) is 7.05. The van der Waals surface area contributed by atoms with Crippen molar-refractivity contribution in [2.24, 2.45) is 0 Å². The Hall–Kier alpha value is -2.87. The van der Waals surface area contributed by atoms with Gasteiger partial charge in [0.25, 0.3) is 0 Å². The second kappa shape index (κ2) is 11.5. The molecule has 1 N–H and O–H groups in total. The Morgan fingerprint density at radius 3 is 2.09 bits per heavy atom. The molecule has 0 amide bonds. The Balaban J connectivity index is 2.51. The minimum atomic E-state index is -4.76. The van der Waals surface area contributed by atoms with E-state index in [0.717, 1.165) is 40.2 Å². The summed E-state index contributed by atoms with van der Waals surface area (Å²) in [5.74, 6) is -3.67. The van der Waals surface area contributed by atoms with E-state index in [1.165, 1.54) is 6.20 Å². The monoisotopic (exact) mass is 510 g/mol. The normalized spacial score (nSPS) is 27.1. The minimum Gasteiger partial charge on any atom is -0.463 e. The molecule has 1 aliphatic rings. The summed E-state index contributed by atoms with van der Waals surface area (Å²) in [5.41, 5.74) is 0. The van der Waals surface area contributed by atoms with Crippen LogP contribution in [0.3, 0.4) is 0 Å². The van der Waals surface area contributed by atoms with Gasteiger partial charge in [0, 0.05) is 40.1 Å². The minimum absolute atomic E-state index is 0.682. The zero-order valence-electron chi connectivity index (χ0n) is 18.6. The molecule has 1 saturated heterocycles. The summed E-state index contributed by atoms with van der Waals surface area (Å²) < 4.78 is 59.0. The zero-order chi connectivity index (χ0) is 25.6. The first-order valence-corrected chi connectivity index (χ1v) is 11.3. The van der Waals surface area contributed by atoms with E-state index in [0.29, 0.717) is 4.34 Å². The predicted octanol–water partition coefficient (Wildman–Crippen LogP) is 0.269. The van der Waals surface area contributed by atoms with E-state index in [2.05, 4.69) is 9.72 Å². The third-order valence-corrected chi connectivity index (χ3v) is 5.57. The van der Waals surface area contributed by atoms with Crippen LogP contribution >= 0.6 is 7.75 Å². The Morgan fingerprint density at radius 1 is 1.03 bits per heavy atom. The molecule has 1 fully saturated rings. The van der Waals surface area contributed by atoms with Crippen LogP contribution in [0.25, 0.3) is 0 Å². The highest BCUT2D eigenvalue weighted by atomic mass is 31.2. The second-order valence-corrected chi connectivity index (χ2v) is 8.70. The number of carbonyl (C=O) groups is 4. The van der Waals surface area contributed by atoms with E-state index in [1.54, 1.807) is 0 Å². The molecule has 190 valence electrons. The van der Waals surface area contributed by atoms with Gasteiger partial charge in [-0.2, -0.15) is 0 Å². The van der Waals surface area contributed by atoms with E-state index in [1.807, 2.05) is 0 Å². The highest BCUT2D eigenvalue weighted by molar-refractivity contribution is 7.51. The molecule has 0 aromatic carbocycles. The fourth-order valence-electron chi connectivity index (χ4n) is 3.06. The number of ether oxygens (including phenoxy) is 5. The summed E-state index contributed by atoms with van der Waals surface area (Å²) in [6, 6.07) is 0. The van der Waals surface area contributed by atoms with E-state index < -0.39 is 75.1 Å². The highest BCUT2D eigenvalue weighted by Crippen LogP contribution is 2.47. The van der Waals surface area contributed by atoms with Crippen LogP contribution in [-0.4, -0.2) is 81.6 Å². The number of carbonyl (C=O) groups excluding carboxylic acids is 4. The summed E-state index contributed by atoms with van der Waals surface area (Å²) in [7, 11) is -4.76. The molecule has 4 unspecified atom stereocenters. The molecule has 0 radical (unpaired) electrons. The van der Waals surface area contributed by atoms with Crippen LogP contribution in [0.5, 0.6) is 0 Å². The number of halogens is 1. The number of alkyl halides is 1. The van der Waals surface area contributed by atoms with Crippen LogP contribution in [0.4, 0.5) is 4.39 Å². The van der Waals surface area contributed by atoms with Gasteiger partial charge in [-0.1, -0.05) is 0 Å². The van der Waals surface area contributed by atoms with Crippen LogP contribution in [0.1, 0.15) is 27.7 Å². The van der Waals surface area contributed by atoms with Gasteiger partial charge in [0.1, 0.15) is 19.0 Å². The van der Waals surface area contributed by atoms with E-state index in [-0.39, 0.29) is 0 Å². The number of nitrogens with zero attached hydrogens (tertiary/aromatic N) is 2. The SMILES string of the molecule is CC(=O)OC[C@H](F)C1O[C@@H](OP(=O)(O)n2ccnc2)C(OC(C)=O)C(OC(C)=O)[C@@H]1OC(C)=O. The fourth-order valence-corrected chi connectivity index (χ4v) is 4.03. The Kier molecular flexibility index (Phi) is 9.27. The van der Waals surface area contributed by atoms with Crippen molar-refractivity contribution < 1.29 is 61.2 Å². The van der Waals surface area contributed by atoms with Crippen molar-refractivity contribution in [2.45, 2.75) is 64.6 Å². The Bertz CT molecular complexity index is 941. The lowest BCUT2D eigenvalue weighted by molar-refractivity contribution is -0.295. The van der Waals surface area contributed by atoms with Gasteiger partial charge in [-0.05, 0) is 0 Å². The van der Waals surface area contributed by atoms with Crippen LogP contribution in [0, 0.1) is 0 Å². The van der Waals surface area contributed by atoms with Crippen molar-refractivity contribution in [1.82, 2.24) is 9.32 Å². The van der Waals surface area contributed by atoms with Crippen LogP contribution in [0.2, 0.25) is 0 Å². The average molecular weight is 510 g/mol. The number of rotatable bonds is 9. The molecule has 34 heavy (non-hydrogen) atoms. The predicted molar refractivity (Wildman–Crippen MR) is 105 cm³/mol. The topological polar surface area (TPSA) is 179 Å². The van der Waals surface area contributed by atoms with Crippen molar-refractivity contribution in [3.8, 4) is 0 Å². The third kappa shape index (κ3) is 7.32. The Labute approximate surface area is 192 Å². The van der Waals surface area contributed by atoms with E-state index in [4.69, 9.17) is 23.5 Å². The molecule has 7 atom stereocenters. The molecule has 1 aromatic rings. The molecule has 0 bridgehead atoms. The van der Waals surface area contributed by atoms with Crippen LogP contribution in [0.15, 0.2) is 18.7 Å². The number of aromatic nitrogens is 2. The van der Waals surface area contributed by atoms with Crippen molar-refractivity contribution in [3.63, 3.8) is 0 Å². The van der Waals surface area contributed by atoms with E-state index in [9.17, 15) is 28.6 Å². The molecular weight excluding hydrogens is 486 g/mol. The average Bonchev–Trinajstić information content (AvgIpc) is 3.25. The maximum absolute atomic E-state index is 15.1. The first kappa shape index (κ1) is 27.4. The highest BCUT2D eigenvalue weighted by Gasteiger charge is 2.56. The lowest BCUT2D eigenvalue weighted by atomic mass is 9.95. The van der Waals surface area contributed by atoms with Gasteiger partial charge < -0.3 is 28.6 Å². The molecular formula is C18H24FN2O12P. The van der Waals surface area contributed by atoms with Gasteiger partial charge in [-0.3, -0.25) is 23.7 Å². The van der Waals surface area contributed by atoms with Crippen molar-refractivity contribution >= 4 is 31.6 Å². The van der Waals surface area contributed by atoms with Crippen molar-refractivity contribution in [1.29, 1.82) is 0 Å². The van der Waals surface area contributed by atoms with Crippen molar-refractivity contribution in [3.05, 3.63) is 18.7 Å². The lowest BCUT2D eigenvalue weighted by Crippen LogP contribution is -2.64. The van der Waals surface area contributed by atoms with Crippen LogP contribution in [-0.2, 0) is 52.0 Å². The lowest BCUT2D eigenvalue weighted by Gasteiger charge is -2.45. The molecule has 0 saturated carbocycles.